The number of ether oxygens (including phenoxy) is 1. The van der Waals surface area contributed by atoms with Crippen molar-refractivity contribution in [2.75, 3.05) is 6.61 Å². The van der Waals surface area contributed by atoms with Crippen LogP contribution in [0.2, 0.25) is 0 Å². The Balaban J connectivity index is 2.09. The molecule has 0 unspecified atom stereocenters. The molecule has 6 heteroatoms. The molecule has 0 radical (unpaired) electrons. The first-order valence-electron chi connectivity index (χ1n) is 10.1. The number of aryl methyl sites for hydroxylation is 2. The molecule has 0 atom stereocenters. The molecule has 0 N–H and O–H groups in total. The van der Waals surface area contributed by atoms with Gasteiger partial charge in [0, 0.05) is 5.56 Å². The zero-order valence-electron chi connectivity index (χ0n) is 18.4. The fourth-order valence-electron chi connectivity index (χ4n) is 3.35. The van der Waals surface area contributed by atoms with Crippen molar-refractivity contribution < 1.29 is 14.3 Å². The molecule has 1 heterocycles. The zero-order chi connectivity index (χ0) is 22.1. The minimum Gasteiger partial charge on any atom is -0.465 e. The van der Waals surface area contributed by atoms with Crippen LogP contribution in [0.5, 0.6) is 0 Å². The van der Waals surface area contributed by atoms with Gasteiger partial charge in [0.1, 0.15) is 6.54 Å². The lowest BCUT2D eigenvalue weighted by atomic mass is 9.87. The molecule has 0 saturated carbocycles. The number of hydrogen-bond acceptors (Lipinski definition) is 4. The van der Waals surface area contributed by atoms with Gasteiger partial charge < -0.3 is 9.30 Å². The van der Waals surface area contributed by atoms with Gasteiger partial charge >= 0.3 is 5.97 Å². The number of fused-ring (bicyclic) bond motifs is 1. The summed E-state index contributed by atoms with van der Waals surface area (Å²) in [4.78, 5) is 30.0. The van der Waals surface area contributed by atoms with E-state index >= 15 is 0 Å². The summed E-state index contributed by atoms with van der Waals surface area (Å²) in [5.41, 5.74) is 4.77. The Morgan fingerprint density at radius 2 is 1.77 bits per heavy atom. The average Bonchev–Trinajstić information content (AvgIpc) is 2.99. The Kier molecular flexibility index (Phi) is 6.27. The molecule has 0 aliphatic carbocycles. The third kappa shape index (κ3) is 4.70. The fourth-order valence-corrected chi connectivity index (χ4v) is 4.43. The lowest BCUT2D eigenvalue weighted by Gasteiger charge is -2.18. The predicted molar refractivity (Wildman–Crippen MR) is 121 cm³/mol. The lowest BCUT2D eigenvalue weighted by molar-refractivity contribution is -0.143. The number of carbonyl (C=O) groups is 2. The largest absolute Gasteiger partial charge is 0.465 e. The normalized spacial score (nSPS) is 12.4. The third-order valence-corrected chi connectivity index (χ3v) is 6.13. The third-order valence-electron chi connectivity index (χ3n) is 4.90. The van der Waals surface area contributed by atoms with Crippen LogP contribution in [0.4, 0.5) is 0 Å². The van der Waals surface area contributed by atoms with Crippen molar-refractivity contribution in [1.29, 1.82) is 0 Å². The summed E-state index contributed by atoms with van der Waals surface area (Å²) in [5.74, 6) is -0.672. The molecule has 0 spiro atoms. The second kappa shape index (κ2) is 8.56. The van der Waals surface area contributed by atoms with Crippen LogP contribution < -0.4 is 4.80 Å². The molecule has 2 aromatic carbocycles. The fraction of sp³-hybridized carbons (Fsp3) is 0.375. The number of nitrogens with zero attached hydrogens (tertiary/aromatic N) is 2. The molecular formula is C24H28N2O3S. The van der Waals surface area contributed by atoms with Gasteiger partial charge in [-0.1, -0.05) is 50.3 Å². The minimum absolute atomic E-state index is 0.0161. The van der Waals surface area contributed by atoms with Gasteiger partial charge in [0.25, 0.3) is 5.91 Å². The number of esters is 1. The van der Waals surface area contributed by atoms with E-state index in [0.29, 0.717) is 17.0 Å². The highest BCUT2D eigenvalue weighted by Gasteiger charge is 2.16. The molecule has 3 aromatic rings. The van der Waals surface area contributed by atoms with Crippen LogP contribution in [0, 0.1) is 13.8 Å². The van der Waals surface area contributed by atoms with E-state index in [0.717, 1.165) is 26.9 Å². The monoisotopic (exact) mass is 424 g/mol. The Morgan fingerprint density at radius 1 is 1.10 bits per heavy atom. The van der Waals surface area contributed by atoms with E-state index in [1.807, 2.05) is 44.2 Å². The first kappa shape index (κ1) is 22.0. The highest BCUT2D eigenvalue weighted by Crippen LogP contribution is 2.24. The van der Waals surface area contributed by atoms with E-state index in [2.05, 4.69) is 31.8 Å². The molecule has 1 aromatic heterocycles. The van der Waals surface area contributed by atoms with Crippen molar-refractivity contribution in [1.82, 2.24) is 4.57 Å². The van der Waals surface area contributed by atoms with E-state index in [9.17, 15) is 9.59 Å². The second-order valence-corrected chi connectivity index (χ2v) is 9.43. The first-order valence-corrected chi connectivity index (χ1v) is 10.9. The van der Waals surface area contributed by atoms with Crippen LogP contribution >= 0.6 is 11.3 Å². The second-order valence-electron chi connectivity index (χ2n) is 8.45. The summed E-state index contributed by atoms with van der Waals surface area (Å²) >= 11 is 1.42. The number of thiazole rings is 1. The highest BCUT2D eigenvalue weighted by molar-refractivity contribution is 7.16. The Morgan fingerprint density at radius 3 is 2.37 bits per heavy atom. The summed E-state index contributed by atoms with van der Waals surface area (Å²) in [5, 5.41) is 0. The van der Waals surface area contributed by atoms with Gasteiger partial charge in [-0.15, -0.1) is 0 Å². The molecule has 0 bridgehead atoms. The predicted octanol–water partition coefficient (Wildman–Crippen LogP) is 4.92. The molecule has 0 saturated heterocycles. The quantitative estimate of drug-likeness (QED) is 0.559. The molecule has 158 valence electrons. The maximum absolute atomic E-state index is 12.9. The van der Waals surface area contributed by atoms with Crippen LogP contribution in [0.15, 0.2) is 41.4 Å². The van der Waals surface area contributed by atoms with Crippen molar-refractivity contribution in [3.8, 4) is 0 Å². The topological polar surface area (TPSA) is 60.7 Å². The molecule has 0 aliphatic heterocycles. The van der Waals surface area contributed by atoms with Crippen LogP contribution in [0.1, 0.15) is 54.7 Å². The van der Waals surface area contributed by atoms with E-state index in [4.69, 9.17) is 4.74 Å². The van der Waals surface area contributed by atoms with E-state index in [-0.39, 0.29) is 23.8 Å². The van der Waals surface area contributed by atoms with Crippen molar-refractivity contribution in [3.63, 3.8) is 0 Å². The van der Waals surface area contributed by atoms with Crippen LogP contribution in [0.3, 0.4) is 0 Å². The number of hydrogen-bond donors (Lipinski definition) is 0. The molecule has 1 amide bonds. The van der Waals surface area contributed by atoms with Crippen molar-refractivity contribution >= 4 is 33.4 Å². The summed E-state index contributed by atoms with van der Waals surface area (Å²) in [7, 11) is 0. The Bertz CT molecular complexity index is 1160. The SMILES string of the molecule is CCOC(=O)Cn1c(=NC(=O)c2ccc(C(C)(C)C)cc2)sc2c(C)cc(C)cc21. The number of amides is 1. The molecular weight excluding hydrogens is 396 g/mol. The van der Waals surface area contributed by atoms with Gasteiger partial charge in [-0.2, -0.15) is 4.99 Å². The minimum atomic E-state index is -0.347. The average molecular weight is 425 g/mol. The van der Waals surface area contributed by atoms with E-state index in [1.165, 1.54) is 11.3 Å². The van der Waals surface area contributed by atoms with Gasteiger partial charge in [-0.05, 0) is 61.1 Å². The standard InChI is InChI=1S/C24H28N2O3S/c1-7-29-20(27)14-26-19-13-15(2)12-16(3)21(19)30-23(26)25-22(28)17-8-10-18(11-9-17)24(4,5)6/h8-13H,7,14H2,1-6H3. The molecule has 3 rings (SSSR count). The lowest BCUT2D eigenvalue weighted by Crippen LogP contribution is -2.23. The van der Waals surface area contributed by atoms with Gasteiger partial charge in [0.2, 0.25) is 0 Å². The molecule has 0 fully saturated rings. The smallest absolute Gasteiger partial charge is 0.326 e. The first-order chi connectivity index (χ1) is 14.1. The van der Waals surface area contributed by atoms with E-state index in [1.54, 1.807) is 11.5 Å². The summed E-state index contributed by atoms with van der Waals surface area (Å²) in [6, 6.07) is 11.7. The number of carbonyl (C=O) groups excluding carboxylic acids is 2. The molecule has 0 aliphatic rings. The van der Waals surface area contributed by atoms with Gasteiger partial charge in [0.15, 0.2) is 4.80 Å². The van der Waals surface area contributed by atoms with Crippen molar-refractivity contribution in [2.24, 2.45) is 4.99 Å². The van der Waals surface area contributed by atoms with Gasteiger partial charge in [0.05, 0.1) is 16.8 Å². The summed E-state index contributed by atoms with van der Waals surface area (Å²) in [6.07, 6.45) is 0. The van der Waals surface area contributed by atoms with E-state index < -0.39 is 0 Å². The summed E-state index contributed by atoms with van der Waals surface area (Å²) < 4.78 is 7.92. The molecule has 5 nitrogen and oxygen atoms in total. The van der Waals surface area contributed by atoms with Crippen molar-refractivity contribution in [3.05, 3.63) is 63.5 Å². The van der Waals surface area contributed by atoms with Gasteiger partial charge in [-0.25, -0.2) is 0 Å². The maximum atomic E-state index is 12.9. The summed E-state index contributed by atoms with van der Waals surface area (Å²) in [6.45, 7) is 12.5. The van der Waals surface area contributed by atoms with Crippen LogP contribution in [-0.4, -0.2) is 23.1 Å². The van der Waals surface area contributed by atoms with Crippen molar-refractivity contribution in [2.45, 2.75) is 53.5 Å². The number of rotatable bonds is 4. The Hall–Kier alpha value is -2.73. The molecule has 30 heavy (non-hydrogen) atoms. The van der Waals surface area contributed by atoms with Gasteiger partial charge in [-0.3, -0.25) is 9.59 Å². The number of benzene rings is 2. The zero-order valence-corrected chi connectivity index (χ0v) is 19.2. The highest BCUT2D eigenvalue weighted by atomic mass is 32.1. The van der Waals surface area contributed by atoms with Crippen LogP contribution in [-0.2, 0) is 21.5 Å². The number of aromatic nitrogens is 1. The maximum Gasteiger partial charge on any atom is 0.326 e. The van der Waals surface area contributed by atoms with Crippen LogP contribution in [0.25, 0.3) is 10.2 Å². The Labute approximate surface area is 181 Å².